The zero-order valence-electron chi connectivity index (χ0n) is 5.52. The van der Waals surface area contributed by atoms with Crippen molar-refractivity contribution in [1.82, 2.24) is 0 Å². The van der Waals surface area contributed by atoms with E-state index in [4.69, 9.17) is 11.6 Å². The Labute approximate surface area is 87.5 Å². The SMILES string of the molecule is Clc1ccccc1C=C(Br)Br. The number of hydrogen-bond acceptors (Lipinski definition) is 0. The lowest BCUT2D eigenvalue weighted by molar-refractivity contribution is 1.66. The molecule has 58 valence electrons. The van der Waals surface area contributed by atoms with Crippen LogP contribution in [0.5, 0.6) is 0 Å². The first-order valence-corrected chi connectivity index (χ1v) is 4.94. The summed E-state index contributed by atoms with van der Waals surface area (Å²) in [5, 5.41) is 0.754. The smallest absolute Gasteiger partial charge is 0.0610 e. The summed E-state index contributed by atoms with van der Waals surface area (Å²) in [6.45, 7) is 0. The van der Waals surface area contributed by atoms with E-state index in [9.17, 15) is 0 Å². The average Bonchev–Trinajstić information content (AvgIpc) is 1.93. The lowest BCUT2D eigenvalue weighted by atomic mass is 10.2. The fourth-order valence-corrected chi connectivity index (χ4v) is 1.39. The third kappa shape index (κ3) is 2.97. The Balaban J connectivity index is 3.04. The molecule has 0 nitrogen and oxygen atoms in total. The zero-order valence-corrected chi connectivity index (χ0v) is 9.45. The van der Waals surface area contributed by atoms with Gasteiger partial charge in [-0.15, -0.1) is 0 Å². The highest BCUT2D eigenvalue weighted by Crippen LogP contribution is 2.22. The monoisotopic (exact) mass is 294 g/mol. The van der Waals surface area contributed by atoms with Gasteiger partial charge in [-0.25, -0.2) is 0 Å². The Morgan fingerprint density at radius 3 is 2.45 bits per heavy atom. The van der Waals surface area contributed by atoms with E-state index in [1.165, 1.54) is 0 Å². The van der Waals surface area contributed by atoms with Crippen molar-refractivity contribution in [2.75, 3.05) is 0 Å². The lowest BCUT2D eigenvalue weighted by Gasteiger charge is -1.95. The largest absolute Gasteiger partial charge is 0.0837 e. The van der Waals surface area contributed by atoms with Gasteiger partial charge in [-0.3, -0.25) is 0 Å². The summed E-state index contributed by atoms with van der Waals surface area (Å²) >= 11 is 12.4. The molecule has 0 aliphatic carbocycles. The van der Waals surface area contributed by atoms with Crippen molar-refractivity contribution in [3.05, 3.63) is 38.2 Å². The summed E-state index contributed by atoms with van der Waals surface area (Å²) in [7, 11) is 0. The van der Waals surface area contributed by atoms with Gasteiger partial charge in [0.05, 0.1) is 3.39 Å². The van der Waals surface area contributed by atoms with E-state index in [0.717, 1.165) is 14.0 Å². The van der Waals surface area contributed by atoms with Gasteiger partial charge in [0.25, 0.3) is 0 Å². The Morgan fingerprint density at radius 2 is 1.91 bits per heavy atom. The zero-order chi connectivity index (χ0) is 8.27. The van der Waals surface area contributed by atoms with Crippen LogP contribution in [0.15, 0.2) is 27.7 Å². The van der Waals surface area contributed by atoms with E-state index in [2.05, 4.69) is 31.9 Å². The van der Waals surface area contributed by atoms with Crippen LogP contribution >= 0.6 is 43.5 Å². The molecule has 0 atom stereocenters. The molecule has 1 rings (SSSR count). The molecule has 0 N–H and O–H groups in total. The maximum atomic E-state index is 5.88. The minimum Gasteiger partial charge on any atom is -0.0837 e. The second kappa shape index (κ2) is 4.29. The number of benzene rings is 1. The first-order chi connectivity index (χ1) is 5.20. The van der Waals surface area contributed by atoms with Gasteiger partial charge in [0, 0.05) is 5.02 Å². The van der Waals surface area contributed by atoms with Crippen LogP contribution in [0, 0.1) is 0 Å². The molecule has 0 aliphatic rings. The second-order valence-electron chi connectivity index (χ2n) is 1.96. The van der Waals surface area contributed by atoms with Gasteiger partial charge in [-0.2, -0.15) is 0 Å². The molecule has 0 radical (unpaired) electrons. The highest BCUT2D eigenvalue weighted by molar-refractivity contribution is 9.28. The Bertz CT molecular complexity index is 277. The maximum absolute atomic E-state index is 5.88. The molecule has 0 saturated heterocycles. The third-order valence-corrected chi connectivity index (χ3v) is 1.97. The average molecular weight is 296 g/mol. The minimum absolute atomic E-state index is 0.754. The first kappa shape index (κ1) is 9.30. The van der Waals surface area contributed by atoms with Crippen molar-refractivity contribution in [3.8, 4) is 0 Å². The van der Waals surface area contributed by atoms with Crippen LogP contribution in [0.3, 0.4) is 0 Å². The van der Waals surface area contributed by atoms with Crippen LogP contribution in [-0.4, -0.2) is 0 Å². The molecule has 11 heavy (non-hydrogen) atoms. The van der Waals surface area contributed by atoms with E-state index in [1.807, 2.05) is 30.3 Å². The van der Waals surface area contributed by atoms with Crippen LogP contribution < -0.4 is 0 Å². The Morgan fingerprint density at radius 1 is 1.27 bits per heavy atom. The van der Waals surface area contributed by atoms with E-state index < -0.39 is 0 Å². The lowest BCUT2D eigenvalue weighted by Crippen LogP contribution is -1.71. The molecule has 1 aromatic carbocycles. The van der Waals surface area contributed by atoms with Crippen LogP contribution in [0.25, 0.3) is 6.08 Å². The van der Waals surface area contributed by atoms with Crippen molar-refractivity contribution >= 4 is 49.5 Å². The summed E-state index contributed by atoms with van der Waals surface area (Å²) < 4.78 is 0.887. The molecule has 3 heteroatoms. The summed E-state index contributed by atoms with van der Waals surface area (Å²) in [6.07, 6.45) is 1.91. The van der Waals surface area contributed by atoms with Gasteiger partial charge in [0.2, 0.25) is 0 Å². The molecule has 0 heterocycles. The van der Waals surface area contributed by atoms with Crippen LogP contribution in [-0.2, 0) is 0 Å². The number of rotatable bonds is 1. The molecular formula is C8H5Br2Cl. The summed E-state index contributed by atoms with van der Waals surface area (Å²) in [5.41, 5.74) is 0.998. The molecule has 0 aromatic heterocycles. The van der Waals surface area contributed by atoms with Gasteiger partial charge < -0.3 is 0 Å². The summed E-state index contributed by atoms with van der Waals surface area (Å²) in [6, 6.07) is 7.66. The Hall–Kier alpha value is 0.210. The normalized spacial score (nSPS) is 9.36. The van der Waals surface area contributed by atoms with Gasteiger partial charge in [0.1, 0.15) is 0 Å². The number of hydrogen-bond donors (Lipinski definition) is 0. The van der Waals surface area contributed by atoms with Crippen molar-refractivity contribution in [3.63, 3.8) is 0 Å². The molecule has 0 saturated carbocycles. The molecule has 0 fully saturated rings. The minimum atomic E-state index is 0.754. The Kier molecular flexibility index (Phi) is 3.63. The topological polar surface area (TPSA) is 0 Å². The van der Waals surface area contributed by atoms with Crippen LogP contribution in [0.1, 0.15) is 5.56 Å². The van der Waals surface area contributed by atoms with Crippen molar-refractivity contribution < 1.29 is 0 Å². The standard InChI is InChI=1S/C8H5Br2Cl/c9-8(10)5-6-3-1-2-4-7(6)11/h1-5H. The molecule has 0 aliphatic heterocycles. The molecule has 0 unspecified atom stereocenters. The fourth-order valence-electron chi connectivity index (χ4n) is 0.710. The third-order valence-electron chi connectivity index (χ3n) is 1.17. The summed E-state index contributed by atoms with van der Waals surface area (Å²) in [4.78, 5) is 0. The number of halogens is 3. The van der Waals surface area contributed by atoms with Gasteiger partial charge >= 0.3 is 0 Å². The van der Waals surface area contributed by atoms with Crippen molar-refractivity contribution in [2.45, 2.75) is 0 Å². The van der Waals surface area contributed by atoms with E-state index in [-0.39, 0.29) is 0 Å². The highest BCUT2D eigenvalue weighted by Gasteiger charge is 1.93. The van der Waals surface area contributed by atoms with E-state index >= 15 is 0 Å². The molecule has 0 spiro atoms. The predicted molar refractivity (Wildman–Crippen MR) is 57.3 cm³/mol. The van der Waals surface area contributed by atoms with Crippen molar-refractivity contribution in [1.29, 1.82) is 0 Å². The quantitative estimate of drug-likeness (QED) is 0.719. The fraction of sp³-hybridized carbons (Fsp3) is 0. The summed E-state index contributed by atoms with van der Waals surface area (Å²) in [5.74, 6) is 0. The van der Waals surface area contributed by atoms with Crippen LogP contribution in [0.4, 0.5) is 0 Å². The van der Waals surface area contributed by atoms with Gasteiger partial charge in [-0.1, -0.05) is 29.8 Å². The molecule has 1 aromatic rings. The second-order valence-corrected chi connectivity index (χ2v) is 5.14. The van der Waals surface area contributed by atoms with E-state index in [1.54, 1.807) is 0 Å². The predicted octanol–water partition coefficient (Wildman–Crippen LogP) is 4.43. The first-order valence-electron chi connectivity index (χ1n) is 2.97. The van der Waals surface area contributed by atoms with Crippen molar-refractivity contribution in [2.24, 2.45) is 0 Å². The molecule has 0 amide bonds. The molecule has 0 bridgehead atoms. The van der Waals surface area contributed by atoms with Crippen LogP contribution in [0.2, 0.25) is 5.02 Å². The van der Waals surface area contributed by atoms with Gasteiger partial charge in [-0.05, 0) is 49.6 Å². The molecular weight excluding hydrogens is 291 g/mol. The van der Waals surface area contributed by atoms with E-state index in [0.29, 0.717) is 0 Å². The highest BCUT2D eigenvalue weighted by atomic mass is 79.9. The van der Waals surface area contributed by atoms with Gasteiger partial charge in [0.15, 0.2) is 0 Å². The maximum Gasteiger partial charge on any atom is 0.0610 e.